The van der Waals surface area contributed by atoms with E-state index in [9.17, 15) is 18.4 Å². The Kier molecular flexibility index (Phi) is 4.50. The molecule has 1 aliphatic heterocycles. The highest BCUT2D eigenvalue weighted by atomic mass is 19.3. The number of rotatable bonds is 3. The minimum atomic E-state index is -2.55. The largest absolute Gasteiger partial charge is 0.354 e. The number of fused-ring (bicyclic) bond motifs is 1. The van der Waals surface area contributed by atoms with Crippen LogP contribution in [0, 0.1) is 0 Å². The Balaban J connectivity index is 1.60. The molecule has 8 heteroatoms. The van der Waals surface area contributed by atoms with Gasteiger partial charge in [0.1, 0.15) is 0 Å². The molecule has 4 rings (SSSR count). The van der Waals surface area contributed by atoms with E-state index in [1.165, 1.54) is 6.20 Å². The fraction of sp³-hybridized carbons (Fsp3) is 0.300. The summed E-state index contributed by atoms with van der Waals surface area (Å²) in [6.45, 7) is 1.35. The van der Waals surface area contributed by atoms with Gasteiger partial charge in [0.25, 0.3) is 11.5 Å². The van der Waals surface area contributed by atoms with Crippen LogP contribution in [0.25, 0.3) is 22.2 Å². The highest BCUT2D eigenvalue weighted by Crippen LogP contribution is 2.29. The van der Waals surface area contributed by atoms with Crippen molar-refractivity contribution in [1.82, 2.24) is 14.5 Å². The van der Waals surface area contributed by atoms with Gasteiger partial charge in [-0.2, -0.15) is 0 Å². The maximum Gasteiger partial charge on any atom is 0.325 e. The molecule has 1 fully saturated rings. The van der Waals surface area contributed by atoms with Crippen molar-refractivity contribution in [3.05, 3.63) is 58.5 Å². The smallest absolute Gasteiger partial charge is 0.325 e. The predicted octanol–water partition coefficient (Wildman–Crippen LogP) is 3.15. The van der Waals surface area contributed by atoms with Gasteiger partial charge in [0.05, 0.1) is 11.3 Å². The highest BCUT2D eigenvalue weighted by molar-refractivity contribution is 5.86. The van der Waals surface area contributed by atoms with E-state index in [1.54, 1.807) is 12.1 Å². The summed E-state index contributed by atoms with van der Waals surface area (Å²) in [5.74, 6) is -2.55. The van der Waals surface area contributed by atoms with E-state index in [0.29, 0.717) is 30.9 Å². The summed E-state index contributed by atoms with van der Waals surface area (Å²) < 4.78 is 27.5. The highest BCUT2D eigenvalue weighted by Gasteiger charge is 2.33. The molecule has 0 unspecified atom stereocenters. The lowest BCUT2D eigenvalue weighted by Crippen LogP contribution is -2.38. The number of nitrogens with one attached hydrogen (secondary N) is 1. The van der Waals surface area contributed by atoms with Crippen molar-refractivity contribution in [2.75, 3.05) is 13.1 Å². The first kappa shape index (κ1) is 18.4. The lowest BCUT2D eigenvalue weighted by atomic mass is 10.1. The van der Waals surface area contributed by atoms with E-state index in [4.69, 9.17) is 5.73 Å². The molecule has 28 heavy (non-hydrogen) atoms. The summed E-state index contributed by atoms with van der Waals surface area (Å²) in [5, 5.41) is 0.906. The van der Waals surface area contributed by atoms with E-state index >= 15 is 0 Å². The monoisotopic (exact) mass is 386 g/mol. The number of hydrogen-bond acceptors (Lipinski definition) is 3. The van der Waals surface area contributed by atoms with E-state index in [0.717, 1.165) is 21.0 Å². The minimum absolute atomic E-state index is 0.107. The summed E-state index contributed by atoms with van der Waals surface area (Å²) in [6.07, 6.45) is 1.12. The van der Waals surface area contributed by atoms with Crippen molar-refractivity contribution in [3.63, 3.8) is 0 Å². The molecule has 1 amide bonds. The number of carbonyl (C=O) groups is 1. The van der Waals surface area contributed by atoms with Gasteiger partial charge in [0.15, 0.2) is 0 Å². The Hall–Kier alpha value is -3.00. The molecule has 3 N–H and O–H groups in total. The number of carbonyl (C=O) groups excluding carboxylic acids is 1. The molecule has 0 atom stereocenters. The number of likely N-dealkylation sites (tertiary alicyclic amines) is 1. The quantitative estimate of drug-likeness (QED) is 0.725. The average Bonchev–Trinajstić information content (AvgIpc) is 3.06. The molecule has 0 saturated carbocycles. The van der Waals surface area contributed by atoms with Crippen LogP contribution in [0.5, 0.6) is 0 Å². The van der Waals surface area contributed by atoms with Gasteiger partial charge in [0.2, 0.25) is 0 Å². The topological polar surface area (TPSA) is 84.1 Å². The molecule has 6 nitrogen and oxygen atoms in total. The number of pyridine rings is 1. The van der Waals surface area contributed by atoms with Crippen LogP contribution in [-0.2, 0) is 6.54 Å². The van der Waals surface area contributed by atoms with E-state index in [2.05, 4.69) is 4.98 Å². The van der Waals surface area contributed by atoms with Crippen LogP contribution >= 0.6 is 0 Å². The summed E-state index contributed by atoms with van der Waals surface area (Å²) in [6, 6.07) is 10.1. The van der Waals surface area contributed by atoms with Gasteiger partial charge in [-0.05, 0) is 35.9 Å². The van der Waals surface area contributed by atoms with Crippen molar-refractivity contribution in [2.45, 2.75) is 25.3 Å². The third-order valence-electron chi connectivity index (χ3n) is 5.15. The standard InChI is InChI=1S/C20H20F2N4O2/c21-20(22)5-8-25(9-6-20)12-13-3-4-16-14(10-13)11-17(24-16)15-2-1-7-26(18(15)27)19(23)28/h1-4,7,10-11,24H,5-6,8-9,12H2,(H2,23,28). The zero-order valence-corrected chi connectivity index (χ0v) is 15.1. The van der Waals surface area contributed by atoms with Gasteiger partial charge in [-0.3, -0.25) is 9.69 Å². The summed E-state index contributed by atoms with van der Waals surface area (Å²) >= 11 is 0. The Bertz CT molecular complexity index is 1090. The van der Waals surface area contributed by atoms with Gasteiger partial charge in [-0.1, -0.05) is 6.07 Å². The van der Waals surface area contributed by atoms with Crippen molar-refractivity contribution >= 4 is 16.9 Å². The molecule has 146 valence electrons. The SMILES string of the molecule is NC(=O)n1cccc(-c2cc3cc(CN4CCC(F)(F)CC4)ccc3[nH]2)c1=O. The number of aromatic nitrogens is 2. The molecule has 0 radical (unpaired) electrons. The lowest BCUT2D eigenvalue weighted by Gasteiger charge is -2.31. The number of aromatic amines is 1. The molecule has 3 heterocycles. The average molecular weight is 386 g/mol. The molecule has 1 aromatic carbocycles. The fourth-order valence-corrected chi connectivity index (χ4v) is 3.59. The lowest BCUT2D eigenvalue weighted by molar-refractivity contribution is -0.0566. The van der Waals surface area contributed by atoms with Crippen LogP contribution in [0.4, 0.5) is 13.6 Å². The number of halogens is 2. The number of nitrogens with zero attached hydrogens (tertiary/aromatic N) is 2. The Morgan fingerprint density at radius 2 is 1.93 bits per heavy atom. The normalized spacial score (nSPS) is 17.1. The molecule has 1 saturated heterocycles. The third-order valence-corrected chi connectivity index (χ3v) is 5.15. The van der Waals surface area contributed by atoms with Crippen LogP contribution < -0.4 is 11.3 Å². The second kappa shape index (κ2) is 6.87. The zero-order chi connectivity index (χ0) is 19.9. The molecular weight excluding hydrogens is 366 g/mol. The zero-order valence-electron chi connectivity index (χ0n) is 15.1. The van der Waals surface area contributed by atoms with E-state index in [-0.39, 0.29) is 12.8 Å². The number of alkyl halides is 2. The van der Waals surface area contributed by atoms with Gasteiger partial charge in [-0.25, -0.2) is 18.1 Å². The summed E-state index contributed by atoms with van der Waals surface area (Å²) in [7, 11) is 0. The number of nitrogens with two attached hydrogens (primary N) is 1. The first-order chi connectivity index (χ1) is 13.3. The van der Waals surface area contributed by atoms with E-state index < -0.39 is 17.5 Å². The summed E-state index contributed by atoms with van der Waals surface area (Å²) in [4.78, 5) is 29.0. The second-order valence-corrected chi connectivity index (χ2v) is 7.17. The van der Waals surface area contributed by atoms with Crippen molar-refractivity contribution in [2.24, 2.45) is 5.73 Å². The van der Waals surface area contributed by atoms with E-state index in [1.807, 2.05) is 29.2 Å². The second-order valence-electron chi connectivity index (χ2n) is 7.17. The van der Waals surface area contributed by atoms with Gasteiger partial charge in [-0.15, -0.1) is 0 Å². The first-order valence-corrected chi connectivity index (χ1v) is 9.06. The first-order valence-electron chi connectivity index (χ1n) is 9.06. The molecule has 1 aliphatic rings. The van der Waals surface area contributed by atoms with Crippen LogP contribution in [0.2, 0.25) is 0 Å². The van der Waals surface area contributed by atoms with Crippen LogP contribution in [0.1, 0.15) is 18.4 Å². The maximum atomic E-state index is 13.3. The number of piperidine rings is 1. The van der Waals surface area contributed by atoms with Gasteiger partial charge < -0.3 is 10.7 Å². The number of amides is 1. The van der Waals surface area contributed by atoms with Crippen LogP contribution in [0.15, 0.2) is 47.4 Å². The number of primary amides is 1. The van der Waals surface area contributed by atoms with Crippen molar-refractivity contribution in [3.8, 4) is 11.3 Å². The molecular formula is C20H20F2N4O2. The number of H-pyrrole nitrogens is 1. The van der Waals surface area contributed by atoms with Gasteiger partial charge in [0, 0.05) is 49.6 Å². The number of hydrogen-bond donors (Lipinski definition) is 2. The molecule has 3 aromatic rings. The number of benzene rings is 1. The van der Waals surface area contributed by atoms with Crippen LogP contribution in [0.3, 0.4) is 0 Å². The maximum absolute atomic E-state index is 13.3. The Morgan fingerprint density at radius 1 is 1.18 bits per heavy atom. The van der Waals surface area contributed by atoms with Crippen molar-refractivity contribution in [1.29, 1.82) is 0 Å². The molecule has 0 aliphatic carbocycles. The Labute approximate surface area is 159 Å². The minimum Gasteiger partial charge on any atom is -0.354 e. The molecule has 0 spiro atoms. The Morgan fingerprint density at radius 3 is 2.64 bits per heavy atom. The summed E-state index contributed by atoms with van der Waals surface area (Å²) in [5.41, 5.74) is 7.53. The van der Waals surface area contributed by atoms with Crippen LogP contribution in [-0.4, -0.2) is 39.5 Å². The molecule has 2 aromatic heterocycles. The molecule has 0 bridgehead atoms. The fourth-order valence-electron chi connectivity index (χ4n) is 3.59. The van der Waals surface area contributed by atoms with Gasteiger partial charge >= 0.3 is 6.03 Å². The third kappa shape index (κ3) is 3.55. The van der Waals surface area contributed by atoms with Crippen molar-refractivity contribution < 1.29 is 13.6 Å². The predicted molar refractivity (Wildman–Crippen MR) is 102 cm³/mol.